The molecular weight excluding hydrogens is 454 g/mol. The van der Waals surface area contributed by atoms with Crippen LogP contribution in [-0.2, 0) is 9.53 Å². The number of aromatic nitrogens is 2. The lowest BCUT2D eigenvalue weighted by Crippen LogP contribution is -2.31. The first-order chi connectivity index (χ1) is 16.8. The fourth-order valence-corrected chi connectivity index (χ4v) is 3.80. The average molecular weight is 481 g/mol. The first-order valence-electron chi connectivity index (χ1n) is 10.9. The number of halogens is 2. The highest BCUT2D eigenvalue weighted by Crippen LogP contribution is 2.32. The van der Waals surface area contributed by atoms with Gasteiger partial charge in [0.2, 0.25) is 6.41 Å². The largest absolute Gasteiger partial charge is 0.404 e. The minimum atomic E-state index is -0.710. The van der Waals surface area contributed by atoms with Gasteiger partial charge < -0.3 is 10.5 Å². The molecule has 0 amide bonds. The Balaban J connectivity index is 2.23. The number of aliphatic imine (C=N–C) groups is 1. The molecule has 2 aromatic rings. The Morgan fingerprint density at radius 3 is 2.77 bits per heavy atom. The Kier molecular flexibility index (Phi) is 8.39. The van der Waals surface area contributed by atoms with Crippen LogP contribution in [0.25, 0.3) is 11.3 Å². The fourth-order valence-electron chi connectivity index (χ4n) is 3.80. The van der Waals surface area contributed by atoms with Gasteiger partial charge in [0.05, 0.1) is 29.1 Å². The number of nitriles is 1. The molecule has 1 saturated heterocycles. The molecule has 1 aromatic carbocycles. The molecule has 0 radical (unpaired) electrons. The van der Waals surface area contributed by atoms with Crippen LogP contribution in [0.5, 0.6) is 0 Å². The molecule has 1 aliphatic heterocycles. The molecule has 1 fully saturated rings. The van der Waals surface area contributed by atoms with Crippen molar-refractivity contribution in [3.8, 4) is 17.3 Å². The molecule has 2 N–H and O–H groups in total. The van der Waals surface area contributed by atoms with Gasteiger partial charge in [0.15, 0.2) is 5.49 Å². The van der Waals surface area contributed by atoms with Crippen molar-refractivity contribution < 1.29 is 18.3 Å². The van der Waals surface area contributed by atoms with Crippen molar-refractivity contribution in [1.29, 1.82) is 5.26 Å². The van der Waals surface area contributed by atoms with Crippen molar-refractivity contribution in [1.82, 2.24) is 9.55 Å². The third-order valence-corrected chi connectivity index (χ3v) is 5.75. The van der Waals surface area contributed by atoms with Gasteiger partial charge in [0, 0.05) is 49.3 Å². The number of carbonyl (C=O) groups is 1. The van der Waals surface area contributed by atoms with Crippen LogP contribution in [0, 0.1) is 17.1 Å². The molecule has 0 saturated carbocycles. The molecule has 2 atom stereocenters. The van der Waals surface area contributed by atoms with E-state index in [4.69, 9.17) is 15.7 Å². The standard InChI is InChI=1S/C25H26F2N6O2/c1-15(26)16(2)31-25-24(20-5-4-17(10-28)8-21(20)27)32-22(13-33(25)14-34)18-6-7-35-23(9-18)19(11-29)12-30-3/h4-5,8,11-14,18,23H,6-7,9,29H2,1-3H3/b16-15+,19-11+,30-12?,31-25?. The van der Waals surface area contributed by atoms with E-state index in [1.807, 2.05) is 6.07 Å². The Morgan fingerprint density at radius 1 is 1.40 bits per heavy atom. The van der Waals surface area contributed by atoms with Crippen LogP contribution in [0.2, 0.25) is 0 Å². The summed E-state index contributed by atoms with van der Waals surface area (Å²) in [5.74, 6) is -1.41. The number of hydrogen-bond acceptors (Lipinski definition) is 7. The van der Waals surface area contributed by atoms with E-state index in [1.54, 1.807) is 13.3 Å². The first-order valence-corrected chi connectivity index (χ1v) is 10.9. The number of hydrogen-bond donors (Lipinski definition) is 1. The summed E-state index contributed by atoms with van der Waals surface area (Å²) in [7, 11) is 1.63. The maximum atomic E-state index is 15.0. The van der Waals surface area contributed by atoms with Crippen LogP contribution in [0.15, 0.2) is 57.7 Å². The van der Waals surface area contributed by atoms with E-state index in [9.17, 15) is 9.18 Å². The molecule has 1 aromatic heterocycles. The summed E-state index contributed by atoms with van der Waals surface area (Å²) in [6.45, 7) is 3.09. The topological polar surface area (TPSA) is 119 Å². The molecule has 8 nitrogen and oxygen atoms in total. The highest BCUT2D eigenvalue weighted by molar-refractivity contribution is 5.79. The zero-order valence-electron chi connectivity index (χ0n) is 19.7. The molecule has 2 heterocycles. The monoisotopic (exact) mass is 480 g/mol. The predicted octanol–water partition coefficient (Wildman–Crippen LogP) is 3.53. The molecule has 35 heavy (non-hydrogen) atoms. The van der Waals surface area contributed by atoms with Crippen LogP contribution >= 0.6 is 0 Å². The number of ether oxygens (including phenoxy) is 1. The Hall–Kier alpha value is -3.97. The van der Waals surface area contributed by atoms with E-state index < -0.39 is 11.6 Å². The second-order valence-electron chi connectivity index (χ2n) is 8.02. The zero-order valence-corrected chi connectivity index (χ0v) is 19.7. The number of rotatable bonds is 6. The zero-order chi connectivity index (χ0) is 25.5. The van der Waals surface area contributed by atoms with Gasteiger partial charge in [0.25, 0.3) is 0 Å². The summed E-state index contributed by atoms with van der Waals surface area (Å²) in [5, 5.41) is 9.10. The Morgan fingerprint density at radius 2 is 2.17 bits per heavy atom. The molecule has 3 rings (SSSR count). The Bertz CT molecular complexity index is 1320. The normalized spacial score (nSPS) is 20.0. The van der Waals surface area contributed by atoms with Crippen molar-refractivity contribution in [3.63, 3.8) is 0 Å². The molecular formula is C25H26F2N6O2. The number of carbonyl (C=O) groups excluding carboxylic acids is 1. The smallest absolute Gasteiger partial charge is 0.219 e. The second kappa shape index (κ2) is 11.4. The van der Waals surface area contributed by atoms with E-state index in [0.29, 0.717) is 37.1 Å². The van der Waals surface area contributed by atoms with E-state index in [-0.39, 0.29) is 40.0 Å². The number of allylic oxidation sites excluding steroid dienone is 2. The van der Waals surface area contributed by atoms with E-state index in [1.165, 1.54) is 42.9 Å². The summed E-state index contributed by atoms with van der Waals surface area (Å²) in [5.41, 5.74) is 7.20. The van der Waals surface area contributed by atoms with Gasteiger partial charge in [-0.1, -0.05) is 0 Å². The fraction of sp³-hybridized carbons (Fsp3) is 0.320. The average Bonchev–Trinajstić information content (AvgIpc) is 2.87. The van der Waals surface area contributed by atoms with Crippen LogP contribution in [0.1, 0.15) is 43.9 Å². The number of nitrogens with zero attached hydrogens (tertiary/aromatic N) is 5. The lowest BCUT2D eigenvalue weighted by Gasteiger charge is -2.30. The minimum absolute atomic E-state index is 0.0214. The summed E-state index contributed by atoms with van der Waals surface area (Å²) < 4.78 is 35.9. The van der Waals surface area contributed by atoms with Crippen molar-refractivity contribution >= 4 is 12.6 Å². The second-order valence-corrected chi connectivity index (χ2v) is 8.02. The highest BCUT2D eigenvalue weighted by atomic mass is 19.1. The van der Waals surface area contributed by atoms with Crippen molar-refractivity contribution in [2.75, 3.05) is 13.7 Å². The van der Waals surface area contributed by atoms with Crippen LogP contribution < -0.4 is 11.2 Å². The SMILES string of the molecule is CN=C/C(=C\N)C1CC(c2cn(C=O)c(=N/C(C)=C(\C)F)c(-c3ccc(C#N)cc3F)n2)CCO1. The lowest BCUT2D eigenvalue weighted by atomic mass is 9.89. The van der Waals surface area contributed by atoms with Gasteiger partial charge in [-0.05, 0) is 44.9 Å². The molecule has 0 spiro atoms. The van der Waals surface area contributed by atoms with Gasteiger partial charge in [-0.15, -0.1) is 0 Å². The summed E-state index contributed by atoms with van der Waals surface area (Å²) in [6, 6.07) is 5.80. The quantitative estimate of drug-likeness (QED) is 0.501. The van der Waals surface area contributed by atoms with Gasteiger partial charge in [0.1, 0.15) is 17.3 Å². The van der Waals surface area contributed by atoms with Crippen molar-refractivity contribution in [3.05, 3.63) is 70.3 Å². The molecule has 10 heteroatoms. The maximum absolute atomic E-state index is 15.0. The molecule has 0 aliphatic carbocycles. The first kappa shape index (κ1) is 25.6. The van der Waals surface area contributed by atoms with Gasteiger partial charge in [-0.25, -0.2) is 18.8 Å². The maximum Gasteiger partial charge on any atom is 0.219 e. The molecule has 182 valence electrons. The summed E-state index contributed by atoms with van der Waals surface area (Å²) in [6.07, 6.45) is 5.89. The van der Waals surface area contributed by atoms with E-state index in [0.717, 1.165) is 6.07 Å². The van der Waals surface area contributed by atoms with Crippen LogP contribution in [0.3, 0.4) is 0 Å². The lowest BCUT2D eigenvalue weighted by molar-refractivity contribution is 0.0320. The van der Waals surface area contributed by atoms with E-state index >= 15 is 4.39 Å². The van der Waals surface area contributed by atoms with Crippen molar-refractivity contribution in [2.24, 2.45) is 15.7 Å². The predicted molar refractivity (Wildman–Crippen MR) is 128 cm³/mol. The molecule has 0 bridgehead atoms. The van der Waals surface area contributed by atoms with Gasteiger partial charge >= 0.3 is 0 Å². The van der Waals surface area contributed by atoms with Gasteiger partial charge in [-0.2, -0.15) is 5.26 Å². The van der Waals surface area contributed by atoms with Crippen LogP contribution in [0.4, 0.5) is 8.78 Å². The Labute approximate surface area is 201 Å². The van der Waals surface area contributed by atoms with E-state index in [2.05, 4.69) is 15.0 Å². The van der Waals surface area contributed by atoms with Gasteiger partial charge in [-0.3, -0.25) is 14.4 Å². The third-order valence-electron chi connectivity index (χ3n) is 5.75. The number of benzene rings is 1. The van der Waals surface area contributed by atoms with Crippen molar-refractivity contribution in [2.45, 2.75) is 38.7 Å². The minimum Gasteiger partial charge on any atom is -0.404 e. The summed E-state index contributed by atoms with van der Waals surface area (Å²) >= 11 is 0. The molecule has 1 aliphatic rings. The summed E-state index contributed by atoms with van der Waals surface area (Å²) in [4.78, 5) is 25.0. The molecule has 2 unspecified atom stereocenters. The number of nitrogens with two attached hydrogens (primary N) is 1. The van der Waals surface area contributed by atoms with Crippen LogP contribution in [-0.4, -0.2) is 41.9 Å². The highest BCUT2D eigenvalue weighted by Gasteiger charge is 2.28. The third kappa shape index (κ3) is 5.75.